The molecule has 0 spiro atoms. The minimum absolute atomic E-state index is 0.0467. The summed E-state index contributed by atoms with van der Waals surface area (Å²) in [6.45, 7) is 8.82. The second-order valence-electron chi connectivity index (χ2n) is 13.9. The first-order chi connectivity index (χ1) is 21.7. The van der Waals surface area contributed by atoms with Crippen LogP contribution < -0.4 is 4.74 Å². The van der Waals surface area contributed by atoms with Crippen molar-refractivity contribution in [1.82, 2.24) is 4.90 Å². The van der Waals surface area contributed by atoms with E-state index in [2.05, 4.69) is 32.6 Å². The van der Waals surface area contributed by atoms with E-state index < -0.39 is 27.1 Å². The van der Waals surface area contributed by atoms with Crippen molar-refractivity contribution in [2.75, 3.05) is 0 Å². The molecule has 0 saturated heterocycles. The van der Waals surface area contributed by atoms with Gasteiger partial charge in [-0.25, -0.2) is 0 Å². The zero-order chi connectivity index (χ0) is 33.0. The Morgan fingerprint density at radius 3 is 1.87 bits per heavy atom. The summed E-state index contributed by atoms with van der Waals surface area (Å²) in [5.41, 5.74) is 2.85. The van der Waals surface area contributed by atoms with Crippen LogP contribution in [-0.2, 0) is 16.1 Å². The van der Waals surface area contributed by atoms with Gasteiger partial charge in [0.2, 0.25) is 5.75 Å². The molecule has 0 unspecified atom stereocenters. The molecule has 10 heteroatoms. The van der Waals surface area contributed by atoms with Gasteiger partial charge < -0.3 is 9.64 Å². The van der Waals surface area contributed by atoms with Crippen LogP contribution in [0.25, 0.3) is 0 Å². The normalized spacial score (nSPS) is 19.1. The summed E-state index contributed by atoms with van der Waals surface area (Å²) in [7, 11) is 0. The maximum atomic E-state index is 14.2. The summed E-state index contributed by atoms with van der Waals surface area (Å²) in [5, 5.41) is 23.3. The Morgan fingerprint density at radius 2 is 1.30 bits per heavy atom. The third-order valence-electron chi connectivity index (χ3n) is 9.01. The van der Waals surface area contributed by atoms with Crippen LogP contribution >= 0.6 is 0 Å². The van der Waals surface area contributed by atoms with Crippen molar-refractivity contribution >= 4 is 22.9 Å². The molecular formula is C36H35N3O7. The molecule has 3 aliphatic rings. The molecule has 0 aromatic heterocycles. The fourth-order valence-corrected chi connectivity index (χ4v) is 7.09. The van der Waals surface area contributed by atoms with Crippen molar-refractivity contribution < 1.29 is 24.2 Å². The van der Waals surface area contributed by atoms with E-state index in [0.29, 0.717) is 48.9 Å². The van der Waals surface area contributed by atoms with Crippen molar-refractivity contribution in [3.05, 3.63) is 127 Å². The summed E-state index contributed by atoms with van der Waals surface area (Å²) in [5.74, 6) is -0.781. The number of non-ortho nitro benzene ring substituents is 1. The Bertz CT molecular complexity index is 1800. The Labute approximate surface area is 266 Å². The lowest BCUT2D eigenvalue weighted by Crippen LogP contribution is -2.44. The van der Waals surface area contributed by atoms with Gasteiger partial charge in [0.15, 0.2) is 11.6 Å². The van der Waals surface area contributed by atoms with Gasteiger partial charge in [-0.3, -0.25) is 29.8 Å². The molecule has 0 radical (unpaired) electrons. The van der Waals surface area contributed by atoms with Crippen LogP contribution in [0.3, 0.4) is 0 Å². The second-order valence-corrected chi connectivity index (χ2v) is 13.9. The van der Waals surface area contributed by atoms with E-state index >= 15 is 0 Å². The van der Waals surface area contributed by atoms with E-state index in [0.717, 1.165) is 29.1 Å². The lowest BCUT2D eigenvalue weighted by molar-refractivity contribution is -0.394. The number of para-hydroxylation sites is 1. The Morgan fingerprint density at radius 1 is 0.739 bits per heavy atom. The largest absolute Gasteiger partial charge is 0.450 e. The third-order valence-corrected chi connectivity index (χ3v) is 9.01. The van der Waals surface area contributed by atoms with Crippen LogP contribution in [-0.4, -0.2) is 26.3 Å². The zero-order valence-corrected chi connectivity index (χ0v) is 26.2. The van der Waals surface area contributed by atoms with Gasteiger partial charge in [0, 0.05) is 59.5 Å². The molecule has 0 saturated carbocycles. The summed E-state index contributed by atoms with van der Waals surface area (Å²) >= 11 is 0. The molecule has 236 valence electrons. The van der Waals surface area contributed by atoms with E-state index in [1.165, 1.54) is 6.07 Å². The number of ketones is 2. The van der Waals surface area contributed by atoms with E-state index in [4.69, 9.17) is 4.74 Å². The molecule has 0 fully saturated rings. The third kappa shape index (κ3) is 5.71. The van der Waals surface area contributed by atoms with Crippen molar-refractivity contribution in [1.29, 1.82) is 0 Å². The highest BCUT2D eigenvalue weighted by molar-refractivity contribution is 6.07. The molecule has 3 aromatic carbocycles. The van der Waals surface area contributed by atoms with Gasteiger partial charge >= 0.3 is 5.69 Å². The van der Waals surface area contributed by atoms with E-state index in [9.17, 15) is 29.8 Å². The molecule has 10 nitrogen and oxygen atoms in total. The molecule has 1 aliphatic heterocycles. The van der Waals surface area contributed by atoms with Crippen LogP contribution in [0.2, 0.25) is 0 Å². The van der Waals surface area contributed by atoms with Gasteiger partial charge in [-0.2, -0.15) is 0 Å². The minimum atomic E-state index is -0.738. The molecule has 2 aliphatic carbocycles. The first kappa shape index (κ1) is 30.9. The number of hydrogen-bond donors (Lipinski definition) is 0. The number of benzene rings is 3. The summed E-state index contributed by atoms with van der Waals surface area (Å²) < 4.78 is 6.18. The highest BCUT2D eigenvalue weighted by Gasteiger charge is 2.49. The monoisotopic (exact) mass is 621 g/mol. The first-order valence-corrected chi connectivity index (χ1v) is 15.3. The number of allylic oxidation sites excluding steroid dienone is 4. The van der Waals surface area contributed by atoms with E-state index in [1.54, 1.807) is 24.3 Å². The number of rotatable bonds is 7. The number of nitro benzene ring substituents is 2. The summed E-state index contributed by atoms with van der Waals surface area (Å²) in [6, 6.07) is 20.1. The molecular weight excluding hydrogens is 586 g/mol. The molecule has 0 bridgehead atoms. The number of ether oxygens (including phenoxy) is 1. The number of nitro groups is 2. The van der Waals surface area contributed by atoms with Gasteiger partial charge in [0.1, 0.15) is 5.75 Å². The lowest BCUT2D eigenvalue weighted by Gasteiger charge is -2.49. The standard InChI is InChI=1S/C36H35N3O7/c1-35(2)17-26-33(28(40)19-35)32(34-27(18-36(3,4)20-29(34)41)37(26)21-22-10-6-5-7-11-22)24-12-8-9-13-30(24)46-31-15-14-23(38(42)43)16-25(31)39(44)45/h5-16,32H,17-21H2,1-4H3. The smallest absolute Gasteiger partial charge is 0.318 e. The number of nitrogens with zero attached hydrogens (tertiary/aromatic N) is 3. The Hall–Kier alpha value is -5.12. The van der Waals surface area contributed by atoms with Gasteiger partial charge in [-0.05, 0) is 41.4 Å². The summed E-state index contributed by atoms with van der Waals surface area (Å²) in [4.78, 5) is 52.5. The average molecular weight is 622 g/mol. The predicted octanol–water partition coefficient (Wildman–Crippen LogP) is 8.18. The number of Topliss-reactive ketones (excluding diaryl/α,β-unsaturated/α-hetero) is 2. The highest BCUT2D eigenvalue weighted by atomic mass is 16.6. The maximum absolute atomic E-state index is 14.2. The minimum Gasteiger partial charge on any atom is -0.450 e. The van der Waals surface area contributed by atoms with E-state index in [1.807, 2.05) is 30.3 Å². The fourth-order valence-electron chi connectivity index (χ4n) is 7.09. The van der Waals surface area contributed by atoms with Crippen molar-refractivity contribution in [3.63, 3.8) is 0 Å². The van der Waals surface area contributed by atoms with Crippen LogP contribution in [0.15, 0.2) is 95.3 Å². The lowest BCUT2D eigenvalue weighted by atomic mass is 9.63. The predicted molar refractivity (Wildman–Crippen MR) is 171 cm³/mol. The highest BCUT2D eigenvalue weighted by Crippen LogP contribution is 2.56. The maximum Gasteiger partial charge on any atom is 0.318 e. The topological polar surface area (TPSA) is 133 Å². The Balaban J connectivity index is 1.56. The molecule has 0 amide bonds. The van der Waals surface area contributed by atoms with Crippen molar-refractivity contribution in [2.24, 2.45) is 10.8 Å². The number of carbonyl (C=O) groups excluding carboxylic acids is 2. The van der Waals surface area contributed by atoms with Crippen LogP contribution in [0.5, 0.6) is 11.5 Å². The van der Waals surface area contributed by atoms with Gasteiger partial charge in [-0.15, -0.1) is 0 Å². The molecule has 1 heterocycles. The van der Waals surface area contributed by atoms with Crippen molar-refractivity contribution in [3.8, 4) is 11.5 Å². The molecule has 0 N–H and O–H groups in total. The summed E-state index contributed by atoms with van der Waals surface area (Å²) in [6.07, 6.45) is 1.86. The average Bonchev–Trinajstić information content (AvgIpc) is 2.97. The van der Waals surface area contributed by atoms with Gasteiger partial charge in [-0.1, -0.05) is 76.2 Å². The van der Waals surface area contributed by atoms with Crippen LogP contribution in [0.1, 0.15) is 70.4 Å². The fraction of sp³-hybridized carbons (Fsp3) is 0.333. The van der Waals surface area contributed by atoms with Crippen LogP contribution in [0.4, 0.5) is 11.4 Å². The number of carbonyl (C=O) groups is 2. The first-order valence-electron chi connectivity index (χ1n) is 15.3. The number of hydrogen-bond acceptors (Lipinski definition) is 8. The molecule has 6 rings (SSSR count). The van der Waals surface area contributed by atoms with Crippen LogP contribution in [0, 0.1) is 31.1 Å². The Kier molecular flexibility index (Phi) is 7.62. The molecule has 3 aromatic rings. The quantitative estimate of drug-likeness (QED) is 0.190. The molecule has 0 atom stereocenters. The molecule has 46 heavy (non-hydrogen) atoms. The van der Waals surface area contributed by atoms with Gasteiger partial charge in [0.05, 0.1) is 15.9 Å². The van der Waals surface area contributed by atoms with Gasteiger partial charge in [0.25, 0.3) is 5.69 Å². The van der Waals surface area contributed by atoms with E-state index in [-0.39, 0.29) is 33.9 Å². The van der Waals surface area contributed by atoms with Crippen molar-refractivity contribution in [2.45, 2.75) is 65.8 Å². The SMILES string of the molecule is CC1(C)CC(=O)C2=C(C1)N(Cc1ccccc1)C1=C(C(=O)CC(C)(C)C1)C2c1ccccc1Oc1ccc([N+](=O)[O-])cc1[N+](=O)[O-]. The zero-order valence-electron chi connectivity index (χ0n) is 26.2. The second kappa shape index (κ2) is 11.3.